The quantitative estimate of drug-likeness (QED) is 0.644. The van der Waals surface area contributed by atoms with Crippen molar-refractivity contribution >= 4 is 27.1 Å². The third-order valence-corrected chi connectivity index (χ3v) is 4.34. The fourth-order valence-electron chi connectivity index (χ4n) is 2.22. The number of benzene rings is 1. The molecule has 2 aromatic rings. The lowest BCUT2D eigenvalue weighted by atomic mass is 10.2. The molecule has 1 heterocycles. The minimum atomic E-state index is -0.464. The molecular formula is C17H25NO2S. The van der Waals surface area contributed by atoms with Gasteiger partial charge in [0.1, 0.15) is 0 Å². The molecule has 0 aliphatic heterocycles. The van der Waals surface area contributed by atoms with Gasteiger partial charge in [-0.1, -0.05) is 26.2 Å². The Bertz CT molecular complexity index is 526. The molecule has 21 heavy (non-hydrogen) atoms. The fraction of sp³-hybridized carbons (Fsp3) is 0.529. The fourth-order valence-corrected chi connectivity index (χ4v) is 2.99. The van der Waals surface area contributed by atoms with E-state index in [0.717, 1.165) is 18.7 Å². The molecule has 1 unspecified atom stereocenters. The summed E-state index contributed by atoms with van der Waals surface area (Å²) in [4.78, 5) is 0. The first-order chi connectivity index (χ1) is 10.3. The maximum atomic E-state index is 9.90. The van der Waals surface area contributed by atoms with Crippen LogP contribution in [0.3, 0.4) is 0 Å². The molecule has 0 aliphatic rings. The minimum Gasteiger partial charge on any atom is -0.389 e. The van der Waals surface area contributed by atoms with E-state index in [1.807, 2.05) is 0 Å². The lowest BCUT2D eigenvalue weighted by Gasteiger charge is -2.13. The molecule has 1 aromatic carbocycles. The monoisotopic (exact) mass is 307 g/mol. The van der Waals surface area contributed by atoms with Gasteiger partial charge in [0.05, 0.1) is 12.7 Å². The number of anilines is 1. The van der Waals surface area contributed by atoms with Gasteiger partial charge in [0.15, 0.2) is 0 Å². The van der Waals surface area contributed by atoms with Crippen molar-refractivity contribution in [2.24, 2.45) is 0 Å². The summed E-state index contributed by atoms with van der Waals surface area (Å²) in [5.74, 6) is 0. The van der Waals surface area contributed by atoms with Crippen LogP contribution in [-0.4, -0.2) is 31.0 Å². The van der Waals surface area contributed by atoms with Gasteiger partial charge in [0, 0.05) is 23.5 Å². The highest BCUT2D eigenvalue weighted by Crippen LogP contribution is 2.23. The van der Waals surface area contributed by atoms with Crippen molar-refractivity contribution in [1.29, 1.82) is 0 Å². The Morgan fingerprint density at radius 1 is 1.24 bits per heavy atom. The van der Waals surface area contributed by atoms with Crippen molar-refractivity contribution in [3.63, 3.8) is 0 Å². The second-order valence-corrected chi connectivity index (χ2v) is 6.29. The first kappa shape index (κ1) is 16.3. The van der Waals surface area contributed by atoms with E-state index in [9.17, 15) is 5.11 Å². The average molecular weight is 307 g/mol. The zero-order chi connectivity index (χ0) is 14.9. The molecular weight excluding hydrogens is 282 g/mol. The number of thiophene rings is 1. The molecule has 0 aliphatic carbocycles. The molecule has 0 saturated heterocycles. The van der Waals surface area contributed by atoms with Crippen LogP contribution < -0.4 is 5.32 Å². The summed E-state index contributed by atoms with van der Waals surface area (Å²) in [5, 5.41) is 16.5. The number of hydrogen-bond donors (Lipinski definition) is 2. The Morgan fingerprint density at radius 2 is 2.14 bits per heavy atom. The summed E-state index contributed by atoms with van der Waals surface area (Å²) in [6.07, 6.45) is 4.34. The van der Waals surface area contributed by atoms with Crippen LogP contribution in [0.1, 0.15) is 32.6 Å². The molecule has 1 atom stereocenters. The molecule has 4 heteroatoms. The van der Waals surface area contributed by atoms with Crippen LogP contribution in [0.15, 0.2) is 29.6 Å². The summed E-state index contributed by atoms with van der Waals surface area (Å²) in [6.45, 7) is 3.87. The van der Waals surface area contributed by atoms with Gasteiger partial charge in [0.25, 0.3) is 0 Å². The normalized spacial score (nSPS) is 12.7. The lowest BCUT2D eigenvalue weighted by molar-refractivity contribution is 0.0417. The third-order valence-electron chi connectivity index (χ3n) is 3.45. The Hall–Kier alpha value is -1.10. The first-order valence-corrected chi connectivity index (χ1v) is 8.64. The van der Waals surface area contributed by atoms with Gasteiger partial charge in [-0.05, 0) is 41.5 Å². The van der Waals surface area contributed by atoms with E-state index in [0.29, 0.717) is 13.2 Å². The second-order valence-electron chi connectivity index (χ2n) is 5.34. The van der Waals surface area contributed by atoms with Crippen molar-refractivity contribution < 1.29 is 9.84 Å². The average Bonchev–Trinajstić information content (AvgIpc) is 2.96. The number of aliphatic hydroxyl groups is 1. The smallest absolute Gasteiger partial charge is 0.0945 e. The molecule has 0 bridgehead atoms. The lowest BCUT2D eigenvalue weighted by Crippen LogP contribution is -2.25. The van der Waals surface area contributed by atoms with E-state index in [1.54, 1.807) is 11.3 Å². The highest BCUT2D eigenvalue weighted by atomic mass is 32.1. The van der Waals surface area contributed by atoms with Crippen LogP contribution >= 0.6 is 11.3 Å². The van der Waals surface area contributed by atoms with E-state index in [1.165, 1.54) is 29.3 Å². The molecule has 2 N–H and O–H groups in total. The molecule has 1 aromatic heterocycles. The van der Waals surface area contributed by atoms with Gasteiger partial charge in [-0.15, -0.1) is 11.3 Å². The van der Waals surface area contributed by atoms with Crippen molar-refractivity contribution in [1.82, 2.24) is 0 Å². The molecule has 0 fully saturated rings. The van der Waals surface area contributed by atoms with E-state index in [-0.39, 0.29) is 0 Å². The number of aliphatic hydroxyl groups excluding tert-OH is 1. The second kappa shape index (κ2) is 9.03. The topological polar surface area (TPSA) is 41.5 Å². The van der Waals surface area contributed by atoms with E-state index in [2.05, 4.69) is 41.9 Å². The van der Waals surface area contributed by atoms with Crippen LogP contribution in [0.2, 0.25) is 0 Å². The number of rotatable bonds is 10. The number of ether oxygens (including phenoxy) is 1. The SMILES string of the molecule is CCCCCCOCC(O)CNc1ccc2sccc2c1. The Kier molecular flexibility index (Phi) is 7.00. The van der Waals surface area contributed by atoms with Gasteiger partial charge >= 0.3 is 0 Å². The highest BCUT2D eigenvalue weighted by molar-refractivity contribution is 7.17. The molecule has 116 valence electrons. The Balaban J connectivity index is 1.63. The number of nitrogens with one attached hydrogen (secondary N) is 1. The largest absolute Gasteiger partial charge is 0.389 e. The predicted molar refractivity (Wildman–Crippen MR) is 91.3 cm³/mol. The maximum Gasteiger partial charge on any atom is 0.0945 e. The summed E-state index contributed by atoms with van der Waals surface area (Å²) < 4.78 is 6.79. The van der Waals surface area contributed by atoms with E-state index >= 15 is 0 Å². The van der Waals surface area contributed by atoms with Crippen LogP contribution in [-0.2, 0) is 4.74 Å². The summed E-state index contributed by atoms with van der Waals surface area (Å²) in [5.41, 5.74) is 1.04. The zero-order valence-electron chi connectivity index (χ0n) is 12.7. The molecule has 2 rings (SSSR count). The zero-order valence-corrected chi connectivity index (χ0v) is 13.5. The first-order valence-electron chi connectivity index (χ1n) is 7.76. The number of unbranched alkanes of at least 4 members (excludes halogenated alkanes) is 3. The molecule has 3 nitrogen and oxygen atoms in total. The Labute approximate surface area is 130 Å². The third kappa shape index (κ3) is 5.65. The van der Waals surface area contributed by atoms with Crippen LogP contribution in [0, 0.1) is 0 Å². The van der Waals surface area contributed by atoms with Crippen molar-refractivity contribution in [3.8, 4) is 0 Å². The van der Waals surface area contributed by atoms with Crippen molar-refractivity contribution in [2.45, 2.75) is 38.7 Å². The van der Waals surface area contributed by atoms with E-state index < -0.39 is 6.10 Å². The van der Waals surface area contributed by atoms with Crippen molar-refractivity contribution in [2.75, 3.05) is 25.1 Å². The molecule has 0 saturated carbocycles. The number of fused-ring (bicyclic) bond motifs is 1. The van der Waals surface area contributed by atoms with Crippen LogP contribution in [0.4, 0.5) is 5.69 Å². The number of hydrogen-bond acceptors (Lipinski definition) is 4. The highest BCUT2D eigenvalue weighted by Gasteiger charge is 2.04. The summed E-state index contributed by atoms with van der Waals surface area (Å²) in [7, 11) is 0. The van der Waals surface area contributed by atoms with Gasteiger partial charge < -0.3 is 15.2 Å². The summed E-state index contributed by atoms with van der Waals surface area (Å²) >= 11 is 1.74. The standard InChI is InChI=1S/C17H25NO2S/c1-2-3-4-5-9-20-13-16(19)12-18-15-6-7-17-14(11-15)8-10-21-17/h6-8,10-11,16,18-19H,2-5,9,12-13H2,1H3. The maximum absolute atomic E-state index is 9.90. The van der Waals surface area contributed by atoms with Gasteiger partial charge in [-0.25, -0.2) is 0 Å². The summed E-state index contributed by atoms with van der Waals surface area (Å²) in [6, 6.07) is 8.39. The van der Waals surface area contributed by atoms with Crippen LogP contribution in [0.25, 0.3) is 10.1 Å². The predicted octanol–water partition coefficient (Wildman–Crippen LogP) is 4.27. The van der Waals surface area contributed by atoms with Gasteiger partial charge in [0.2, 0.25) is 0 Å². The van der Waals surface area contributed by atoms with Gasteiger partial charge in [-0.2, -0.15) is 0 Å². The van der Waals surface area contributed by atoms with Gasteiger partial charge in [-0.3, -0.25) is 0 Å². The van der Waals surface area contributed by atoms with Crippen molar-refractivity contribution in [3.05, 3.63) is 29.6 Å². The van der Waals surface area contributed by atoms with Crippen LogP contribution in [0.5, 0.6) is 0 Å². The minimum absolute atomic E-state index is 0.403. The van der Waals surface area contributed by atoms with E-state index in [4.69, 9.17) is 4.74 Å². The Morgan fingerprint density at radius 3 is 3.00 bits per heavy atom. The molecule has 0 amide bonds. The molecule has 0 spiro atoms. The molecule has 0 radical (unpaired) electrons.